The lowest BCUT2D eigenvalue weighted by Gasteiger charge is -2.40. The van der Waals surface area contributed by atoms with Crippen molar-refractivity contribution in [2.24, 2.45) is 0 Å². The fraction of sp³-hybridized carbons (Fsp3) is 0.696. The first-order valence-corrected chi connectivity index (χ1v) is 11.4. The molecule has 6 heteroatoms. The Labute approximate surface area is 175 Å². The second kappa shape index (κ2) is 8.92. The maximum Gasteiger partial charge on any atom is 0.254 e. The van der Waals surface area contributed by atoms with Gasteiger partial charge >= 0.3 is 0 Å². The van der Waals surface area contributed by atoms with Crippen molar-refractivity contribution < 1.29 is 9.53 Å². The number of benzene rings is 1. The number of nitrogens with two attached hydrogens (primary N) is 1. The van der Waals surface area contributed by atoms with Gasteiger partial charge < -0.3 is 25.2 Å². The van der Waals surface area contributed by atoms with E-state index in [9.17, 15) is 4.79 Å². The minimum absolute atomic E-state index is 0.0661. The largest absolute Gasteiger partial charge is 0.489 e. The fourth-order valence-electron chi connectivity index (χ4n) is 5.01. The molecule has 0 radical (unpaired) electrons. The van der Waals surface area contributed by atoms with Crippen LogP contribution in [0.25, 0.3) is 0 Å². The van der Waals surface area contributed by atoms with Crippen molar-refractivity contribution in [3.63, 3.8) is 0 Å². The summed E-state index contributed by atoms with van der Waals surface area (Å²) in [7, 11) is 0. The highest BCUT2D eigenvalue weighted by molar-refractivity contribution is 5.99. The van der Waals surface area contributed by atoms with E-state index in [1.807, 2.05) is 24.8 Å². The molecule has 2 fully saturated rings. The minimum Gasteiger partial charge on any atom is -0.489 e. The van der Waals surface area contributed by atoms with E-state index in [0.29, 0.717) is 18.0 Å². The number of carbonyl (C=O) groups is 1. The number of carbonyl (C=O) groups excluding carboxylic acids is 1. The molecule has 1 amide bonds. The Balaban J connectivity index is 1.28. The van der Waals surface area contributed by atoms with Gasteiger partial charge in [-0.05, 0) is 83.4 Å². The van der Waals surface area contributed by atoms with Crippen LogP contribution < -0.4 is 10.5 Å². The van der Waals surface area contributed by atoms with Crippen LogP contribution >= 0.6 is 0 Å². The van der Waals surface area contributed by atoms with Gasteiger partial charge in [0, 0.05) is 31.2 Å². The van der Waals surface area contributed by atoms with Crippen LogP contribution in [0.4, 0.5) is 5.69 Å². The first-order chi connectivity index (χ1) is 14.0. The van der Waals surface area contributed by atoms with Gasteiger partial charge in [-0.3, -0.25) is 4.79 Å². The summed E-state index contributed by atoms with van der Waals surface area (Å²) in [5.41, 5.74) is 8.43. The molecule has 29 heavy (non-hydrogen) atoms. The molecule has 2 saturated heterocycles. The Morgan fingerprint density at radius 3 is 2.48 bits per heavy atom. The van der Waals surface area contributed by atoms with Gasteiger partial charge in [0.05, 0.1) is 11.8 Å². The number of fused-ring (bicyclic) bond motifs is 1. The SMILES string of the molecule is CC(C)Oc1cc2c(cc1N)C(=O)N(CCN1CCC(N3CCCCC3)CC1)C2. The van der Waals surface area contributed by atoms with Crippen LogP contribution in [0.3, 0.4) is 0 Å². The second-order valence-electron chi connectivity index (χ2n) is 9.11. The predicted octanol–water partition coefficient (Wildman–Crippen LogP) is 2.96. The summed E-state index contributed by atoms with van der Waals surface area (Å²) in [5.74, 6) is 0.791. The molecule has 0 aliphatic carbocycles. The maximum absolute atomic E-state index is 12.8. The number of nitrogen functional groups attached to an aromatic ring is 1. The normalized spacial score (nSPS) is 21.8. The summed E-state index contributed by atoms with van der Waals surface area (Å²) in [5, 5.41) is 0. The first-order valence-electron chi connectivity index (χ1n) is 11.4. The van der Waals surface area contributed by atoms with E-state index >= 15 is 0 Å². The zero-order chi connectivity index (χ0) is 20.4. The van der Waals surface area contributed by atoms with Gasteiger partial charge in [0.25, 0.3) is 5.91 Å². The molecule has 0 atom stereocenters. The third-order valence-corrected chi connectivity index (χ3v) is 6.63. The van der Waals surface area contributed by atoms with Gasteiger partial charge in [0.15, 0.2) is 0 Å². The average molecular weight is 401 g/mol. The van der Waals surface area contributed by atoms with Gasteiger partial charge in [0.2, 0.25) is 0 Å². The van der Waals surface area contributed by atoms with Crippen molar-refractivity contribution >= 4 is 11.6 Å². The van der Waals surface area contributed by atoms with Crippen molar-refractivity contribution in [2.45, 2.75) is 64.6 Å². The first kappa shape index (κ1) is 20.5. The van der Waals surface area contributed by atoms with Crippen LogP contribution in [-0.2, 0) is 6.54 Å². The molecule has 0 unspecified atom stereocenters. The van der Waals surface area contributed by atoms with E-state index in [1.165, 1.54) is 45.2 Å². The van der Waals surface area contributed by atoms with E-state index in [4.69, 9.17) is 10.5 Å². The third kappa shape index (κ3) is 4.69. The molecule has 1 aromatic carbocycles. The summed E-state index contributed by atoms with van der Waals surface area (Å²) in [6, 6.07) is 4.51. The quantitative estimate of drug-likeness (QED) is 0.744. The Bertz CT molecular complexity index is 722. The van der Waals surface area contributed by atoms with Crippen molar-refractivity contribution in [3.05, 3.63) is 23.3 Å². The Hall–Kier alpha value is -1.79. The van der Waals surface area contributed by atoms with Crippen molar-refractivity contribution in [1.29, 1.82) is 0 Å². The number of nitrogens with zero attached hydrogens (tertiary/aromatic N) is 3. The molecule has 0 spiro atoms. The molecule has 3 heterocycles. The standard InChI is InChI=1S/C23H36N4O2/c1-17(2)29-22-14-18-16-27(23(28)20(18)15-21(22)24)13-12-25-10-6-19(7-11-25)26-8-4-3-5-9-26/h14-15,17,19H,3-13,16,24H2,1-2H3. The molecule has 2 N–H and O–H groups in total. The molecular formula is C23H36N4O2. The van der Waals surface area contributed by atoms with Crippen molar-refractivity contribution in [2.75, 3.05) is 45.0 Å². The lowest BCUT2D eigenvalue weighted by atomic mass is 10.00. The fourth-order valence-corrected chi connectivity index (χ4v) is 5.01. The molecule has 3 aliphatic rings. The lowest BCUT2D eigenvalue weighted by Crippen LogP contribution is -2.48. The molecule has 160 valence electrons. The number of rotatable bonds is 6. The third-order valence-electron chi connectivity index (χ3n) is 6.63. The van der Waals surface area contributed by atoms with E-state index in [0.717, 1.165) is 43.3 Å². The van der Waals surface area contributed by atoms with Crippen LogP contribution in [0, 0.1) is 0 Å². The number of piperidine rings is 2. The summed E-state index contributed by atoms with van der Waals surface area (Å²) < 4.78 is 5.79. The zero-order valence-electron chi connectivity index (χ0n) is 18.0. The summed E-state index contributed by atoms with van der Waals surface area (Å²) in [6.07, 6.45) is 6.73. The van der Waals surface area contributed by atoms with E-state index < -0.39 is 0 Å². The van der Waals surface area contributed by atoms with E-state index in [2.05, 4.69) is 9.80 Å². The maximum atomic E-state index is 12.8. The Morgan fingerprint density at radius 1 is 1.07 bits per heavy atom. The number of hydrogen-bond acceptors (Lipinski definition) is 5. The topological polar surface area (TPSA) is 62.0 Å². The zero-order valence-corrected chi connectivity index (χ0v) is 18.0. The molecule has 0 saturated carbocycles. The smallest absolute Gasteiger partial charge is 0.254 e. The number of ether oxygens (including phenoxy) is 1. The van der Waals surface area contributed by atoms with E-state index in [-0.39, 0.29) is 12.0 Å². The summed E-state index contributed by atoms with van der Waals surface area (Å²) in [4.78, 5) is 20.0. The van der Waals surface area contributed by atoms with Gasteiger partial charge in [-0.2, -0.15) is 0 Å². The minimum atomic E-state index is 0.0661. The van der Waals surface area contributed by atoms with Gasteiger partial charge in [-0.15, -0.1) is 0 Å². The number of likely N-dealkylation sites (tertiary alicyclic amines) is 2. The highest BCUT2D eigenvalue weighted by Gasteiger charge is 2.30. The average Bonchev–Trinajstić information content (AvgIpc) is 3.02. The van der Waals surface area contributed by atoms with Crippen molar-refractivity contribution in [1.82, 2.24) is 14.7 Å². The number of hydrogen-bond donors (Lipinski definition) is 1. The highest BCUT2D eigenvalue weighted by atomic mass is 16.5. The molecule has 0 aromatic heterocycles. The van der Waals surface area contributed by atoms with Gasteiger partial charge in [-0.1, -0.05) is 6.42 Å². The van der Waals surface area contributed by atoms with Crippen LogP contribution in [0.15, 0.2) is 12.1 Å². The predicted molar refractivity (Wildman–Crippen MR) is 116 cm³/mol. The second-order valence-corrected chi connectivity index (χ2v) is 9.11. The number of anilines is 1. The molecule has 0 bridgehead atoms. The van der Waals surface area contributed by atoms with E-state index in [1.54, 1.807) is 6.07 Å². The molecule has 1 aromatic rings. The number of amides is 1. The summed E-state index contributed by atoms with van der Waals surface area (Å²) >= 11 is 0. The van der Waals surface area contributed by atoms with Gasteiger partial charge in [-0.25, -0.2) is 0 Å². The Morgan fingerprint density at radius 2 is 1.79 bits per heavy atom. The highest BCUT2D eigenvalue weighted by Crippen LogP contribution is 2.32. The molecule has 4 rings (SSSR count). The van der Waals surface area contributed by atoms with Crippen LogP contribution in [0.5, 0.6) is 5.75 Å². The lowest BCUT2D eigenvalue weighted by molar-refractivity contribution is 0.0697. The molecular weight excluding hydrogens is 364 g/mol. The van der Waals surface area contributed by atoms with Crippen LogP contribution in [0.2, 0.25) is 0 Å². The summed E-state index contributed by atoms with van der Waals surface area (Å²) in [6.45, 7) is 11.2. The Kier molecular flexibility index (Phi) is 6.30. The monoisotopic (exact) mass is 400 g/mol. The van der Waals surface area contributed by atoms with Crippen molar-refractivity contribution in [3.8, 4) is 5.75 Å². The molecule has 3 aliphatic heterocycles. The van der Waals surface area contributed by atoms with Crippen LogP contribution in [0.1, 0.15) is 61.9 Å². The van der Waals surface area contributed by atoms with Crippen LogP contribution in [-0.4, -0.2) is 72.0 Å². The molecule has 6 nitrogen and oxygen atoms in total. The van der Waals surface area contributed by atoms with Gasteiger partial charge in [0.1, 0.15) is 5.75 Å².